The molecule has 0 fully saturated rings. The highest BCUT2D eigenvalue weighted by molar-refractivity contribution is 5.16. The molecule has 0 heterocycles. The molecular weight excluding hydrogens is 217 g/mol. The van der Waals surface area contributed by atoms with Gasteiger partial charge in [-0.25, -0.2) is 4.39 Å². The predicted octanol–water partition coefficient (Wildman–Crippen LogP) is 2.58. The van der Waals surface area contributed by atoms with E-state index in [-0.39, 0.29) is 11.9 Å². The lowest BCUT2D eigenvalue weighted by atomic mass is 10.1. The van der Waals surface area contributed by atoms with Gasteiger partial charge in [0.1, 0.15) is 5.82 Å². The van der Waals surface area contributed by atoms with Crippen LogP contribution in [0.3, 0.4) is 0 Å². The van der Waals surface area contributed by atoms with Crippen molar-refractivity contribution < 1.29 is 9.50 Å². The molecule has 0 saturated carbocycles. The normalized spacial score (nSPS) is 12.7. The van der Waals surface area contributed by atoms with E-state index in [0.29, 0.717) is 13.1 Å². The molecule has 94 valence electrons. The zero-order valence-electron chi connectivity index (χ0n) is 10.3. The molecule has 1 atom stereocenters. The minimum absolute atomic E-state index is 0.219. The minimum atomic E-state index is -0.355. The summed E-state index contributed by atoms with van der Waals surface area (Å²) < 4.78 is 13.0. The Morgan fingerprint density at radius 1 is 1.53 bits per heavy atom. The van der Waals surface area contributed by atoms with Crippen molar-refractivity contribution in [2.75, 3.05) is 13.6 Å². The molecule has 2 nitrogen and oxygen atoms in total. The van der Waals surface area contributed by atoms with Crippen molar-refractivity contribution in [2.24, 2.45) is 0 Å². The Kier molecular flexibility index (Phi) is 5.87. The second-order valence-corrected chi connectivity index (χ2v) is 4.35. The summed E-state index contributed by atoms with van der Waals surface area (Å²) in [4.78, 5) is 1.99. The molecule has 1 unspecified atom stereocenters. The zero-order valence-corrected chi connectivity index (χ0v) is 10.3. The Labute approximate surface area is 102 Å². The molecule has 0 aromatic heterocycles. The van der Waals surface area contributed by atoms with Gasteiger partial charge in [-0.15, -0.1) is 6.58 Å². The second-order valence-electron chi connectivity index (χ2n) is 4.35. The summed E-state index contributed by atoms with van der Waals surface area (Å²) in [5, 5.41) is 9.72. The number of allylic oxidation sites excluding steroid dienone is 1. The molecule has 0 bridgehead atoms. The van der Waals surface area contributed by atoms with E-state index in [4.69, 9.17) is 0 Å². The van der Waals surface area contributed by atoms with E-state index in [0.717, 1.165) is 18.4 Å². The highest BCUT2D eigenvalue weighted by Gasteiger charge is 2.08. The maximum atomic E-state index is 13.0. The number of hydrogen-bond donors (Lipinski definition) is 1. The fourth-order valence-electron chi connectivity index (χ4n) is 1.77. The average Bonchev–Trinajstić information content (AvgIpc) is 2.26. The van der Waals surface area contributed by atoms with Crippen LogP contribution >= 0.6 is 0 Å². The number of benzene rings is 1. The summed E-state index contributed by atoms with van der Waals surface area (Å²) in [6, 6.07) is 6.54. The zero-order chi connectivity index (χ0) is 12.7. The van der Waals surface area contributed by atoms with Crippen molar-refractivity contribution >= 4 is 0 Å². The van der Waals surface area contributed by atoms with Crippen molar-refractivity contribution in [1.29, 1.82) is 0 Å². The largest absolute Gasteiger partial charge is 0.392 e. The molecular formula is C14H20FNO. The quantitative estimate of drug-likeness (QED) is 0.737. The van der Waals surface area contributed by atoms with Crippen LogP contribution in [0.15, 0.2) is 36.9 Å². The van der Waals surface area contributed by atoms with Crippen LogP contribution in [0.5, 0.6) is 0 Å². The Hall–Kier alpha value is -1.19. The maximum Gasteiger partial charge on any atom is 0.123 e. The average molecular weight is 237 g/mol. The first-order chi connectivity index (χ1) is 8.11. The predicted molar refractivity (Wildman–Crippen MR) is 68.2 cm³/mol. The van der Waals surface area contributed by atoms with Gasteiger partial charge < -0.3 is 5.11 Å². The molecule has 17 heavy (non-hydrogen) atoms. The fourth-order valence-corrected chi connectivity index (χ4v) is 1.77. The third-order valence-corrected chi connectivity index (χ3v) is 2.57. The number of nitrogens with zero attached hydrogens (tertiary/aromatic N) is 1. The second kappa shape index (κ2) is 7.20. The number of halogens is 1. The van der Waals surface area contributed by atoms with Crippen molar-refractivity contribution in [1.82, 2.24) is 4.90 Å². The molecule has 1 N–H and O–H groups in total. The number of rotatable bonds is 7. The first-order valence-corrected chi connectivity index (χ1v) is 5.83. The third-order valence-electron chi connectivity index (χ3n) is 2.57. The highest BCUT2D eigenvalue weighted by Crippen LogP contribution is 2.07. The van der Waals surface area contributed by atoms with Gasteiger partial charge in [-0.2, -0.15) is 0 Å². The van der Waals surface area contributed by atoms with E-state index < -0.39 is 0 Å². The molecule has 0 radical (unpaired) electrons. The van der Waals surface area contributed by atoms with Crippen LogP contribution in [-0.4, -0.2) is 29.7 Å². The Bertz CT molecular complexity index is 354. The van der Waals surface area contributed by atoms with E-state index in [9.17, 15) is 9.50 Å². The summed E-state index contributed by atoms with van der Waals surface area (Å²) in [5.74, 6) is -0.219. The van der Waals surface area contributed by atoms with Gasteiger partial charge in [-0.05, 0) is 37.6 Å². The molecule has 0 amide bonds. The van der Waals surface area contributed by atoms with Gasteiger partial charge in [0.2, 0.25) is 0 Å². The molecule has 0 aliphatic carbocycles. The van der Waals surface area contributed by atoms with E-state index in [1.165, 1.54) is 12.1 Å². The van der Waals surface area contributed by atoms with E-state index in [2.05, 4.69) is 6.58 Å². The molecule has 3 heteroatoms. The van der Waals surface area contributed by atoms with E-state index in [1.807, 2.05) is 18.0 Å². The lowest BCUT2D eigenvalue weighted by Crippen LogP contribution is -2.28. The standard InChI is InChI=1S/C14H20FNO/c1-3-4-8-14(17)11-16(2)10-12-6-5-7-13(15)9-12/h3,5-7,9,14,17H,1,4,8,10-11H2,2H3. The summed E-state index contributed by atoms with van der Waals surface area (Å²) in [6.45, 7) is 4.85. The van der Waals surface area contributed by atoms with Crippen LogP contribution in [0.2, 0.25) is 0 Å². The van der Waals surface area contributed by atoms with Crippen molar-refractivity contribution in [3.63, 3.8) is 0 Å². The van der Waals surface area contributed by atoms with E-state index in [1.54, 1.807) is 12.1 Å². The Morgan fingerprint density at radius 2 is 2.29 bits per heavy atom. The molecule has 1 aromatic carbocycles. The maximum absolute atomic E-state index is 13.0. The van der Waals surface area contributed by atoms with Gasteiger partial charge in [0, 0.05) is 13.1 Å². The molecule has 0 aliphatic heterocycles. The monoisotopic (exact) mass is 237 g/mol. The summed E-state index contributed by atoms with van der Waals surface area (Å²) >= 11 is 0. The molecule has 1 aromatic rings. The van der Waals surface area contributed by atoms with Crippen molar-refractivity contribution in [3.05, 3.63) is 48.3 Å². The summed E-state index contributed by atoms with van der Waals surface area (Å²) in [5.41, 5.74) is 0.920. The smallest absolute Gasteiger partial charge is 0.123 e. The van der Waals surface area contributed by atoms with Crippen LogP contribution < -0.4 is 0 Å². The lowest BCUT2D eigenvalue weighted by Gasteiger charge is -2.20. The Balaban J connectivity index is 2.38. The summed E-state index contributed by atoms with van der Waals surface area (Å²) in [7, 11) is 1.92. The van der Waals surface area contributed by atoms with Gasteiger partial charge in [-0.3, -0.25) is 4.90 Å². The van der Waals surface area contributed by atoms with Crippen LogP contribution in [0, 0.1) is 5.82 Å². The molecule has 1 rings (SSSR count). The molecule has 0 aliphatic rings. The van der Waals surface area contributed by atoms with Crippen LogP contribution in [0.25, 0.3) is 0 Å². The van der Waals surface area contributed by atoms with Gasteiger partial charge in [0.25, 0.3) is 0 Å². The SMILES string of the molecule is C=CCCC(O)CN(C)Cc1cccc(F)c1. The first-order valence-electron chi connectivity index (χ1n) is 5.83. The topological polar surface area (TPSA) is 23.5 Å². The lowest BCUT2D eigenvalue weighted by molar-refractivity contribution is 0.116. The third kappa shape index (κ3) is 5.61. The fraction of sp³-hybridized carbons (Fsp3) is 0.429. The van der Waals surface area contributed by atoms with Crippen LogP contribution in [0.4, 0.5) is 4.39 Å². The first kappa shape index (κ1) is 13.9. The summed E-state index contributed by atoms with van der Waals surface area (Å²) in [6.07, 6.45) is 2.98. The molecule has 0 saturated heterocycles. The highest BCUT2D eigenvalue weighted by atomic mass is 19.1. The van der Waals surface area contributed by atoms with Crippen LogP contribution in [0.1, 0.15) is 18.4 Å². The number of aliphatic hydroxyl groups excluding tert-OH is 1. The van der Waals surface area contributed by atoms with Gasteiger partial charge in [-0.1, -0.05) is 18.2 Å². The Morgan fingerprint density at radius 3 is 2.94 bits per heavy atom. The van der Waals surface area contributed by atoms with Gasteiger partial charge in [0.05, 0.1) is 6.10 Å². The molecule has 0 spiro atoms. The minimum Gasteiger partial charge on any atom is -0.392 e. The van der Waals surface area contributed by atoms with Crippen molar-refractivity contribution in [2.45, 2.75) is 25.5 Å². The van der Waals surface area contributed by atoms with Gasteiger partial charge >= 0.3 is 0 Å². The van der Waals surface area contributed by atoms with Crippen LogP contribution in [-0.2, 0) is 6.54 Å². The number of hydrogen-bond acceptors (Lipinski definition) is 2. The van der Waals surface area contributed by atoms with Crippen molar-refractivity contribution in [3.8, 4) is 0 Å². The number of likely N-dealkylation sites (N-methyl/N-ethyl adjacent to an activating group) is 1. The number of aliphatic hydroxyl groups is 1. The van der Waals surface area contributed by atoms with Gasteiger partial charge in [0.15, 0.2) is 0 Å². The van der Waals surface area contributed by atoms with E-state index >= 15 is 0 Å².